The summed E-state index contributed by atoms with van der Waals surface area (Å²) in [5, 5.41) is 9.23. The summed E-state index contributed by atoms with van der Waals surface area (Å²) in [7, 11) is 0. The van der Waals surface area contributed by atoms with E-state index < -0.39 is 0 Å². The maximum absolute atomic E-state index is 12.2. The highest BCUT2D eigenvalue weighted by Crippen LogP contribution is 2.21. The predicted octanol–water partition coefficient (Wildman–Crippen LogP) is 2.25. The number of piperidine rings is 1. The first-order valence-electron chi connectivity index (χ1n) is 5.55. The van der Waals surface area contributed by atoms with Crippen molar-refractivity contribution in [1.29, 1.82) is 5.26 Å². The fourth-order valence-electron chi connectivity index (χ4n) is 2.01. The van der Waals surface area contributed by atoms with Gasteiger partial charge in [-0.1, -0.05) is 11.6 Å². The minimum Gasteiger partial charge on any atom is -0.323 e. The lowest BCUT2D eigenvalue weighted by Gasteiger charge is -2.31. The second-order valence-electron chi connectivity index (χ2n) is 3.98. The summed E-state index contributed by atoms with van der Waals surface area (Å²) in [6.45, 7) is 0.613. The van der Waals surface area contributed by atoms with Gasteiger partial charge in [-0.2, -0.15) is 5.26 Å². The van der Waals surface area contributed by atoms with Crippen LogP contribution in [0.3, 0.4) is 0 Å². The Labute approximate surface area is 105 Å². The maximum atomic E-state index is 12.2. The first kappa shape index (κ1) is 11.9. The zero-order valence-electron chi connectivity index (χ0n) is 9.27. The van der Waals surface area contributed by atoms with Crippen LogP contribution >= 0.6 is 11.6 Å². The van der Waals surface area contributed by atoms with E-state index in [0.29, 0.717) is 12.1 Å². The molecule has 88 valence electrons. The fraction of sp³-hybridized carbons (Fsp3) is 0.417. The number of hydrogen-bond acceptors (Lipinski definition) is 3. The molecule has 2 heterocycles. The standard InChI is InChI=1S/C12H12ClN3O/c13-11-10(5-3-6-15-11)12(17)16-7-2-1-4-9(16)8-14/h3,5-6,9H,1-2,4,7H2. The number of nitriles is 1. The molecule has 1 aliphatic heterocycles. The molecule has 0 bridgehead atoms. The van der Waals surface area contributed by atoms with Crippen molar-refractivity contribution < 1.29 is 4.79 Å². The van der Waals surface area contributed by atoms with Crippen LogP contribution < -0.4 is 0 Å². The molecule has 1 amide bonds. The number of likely N-dealkylation sites (tertiary alicyclic amines) is 1. The van der Waals surface area contributed by atoms with Gasteiger partial charge in [-0.25, -0.2) is 4.98 Å². The van der Waals surface area contributed by atoms with E-state index in [2.05, 4.69) is 11.1 Å². The lowest BCUT2D eigenvalue weighted by molar-refractivity contribution is 0.0670. The first-order valence-corrected chi connectivity index (χ1v) is 5.93. The molecule has 0 spiro atoms. The zero-order valence-corrected chi connectivity index (χ0v) is 10.0. The molecule has 1 aromatic rings. The lowest BCUT2D eigenvalue weighted by atomic mass is 10.0. The Morgan fingerprint density at radius 3 is 3.12 bits per heavy atom. The number of pyridine rings is 1. The molecule has 0 radical (unpaired) electrons. The van der Waals surface area contributed by atoms with E-state index in [0.717, 1.165) is 19.3 Å². The quantitative estimate of drug-likeness (QED) is 0.718. The molecule has 1 aliphatic rings. The number of amides is 1. The van der Waals surface area contributed by atoms with Gasteiger partial charge >= 0.3 is 0 Å². The van der Waals surface area contributed by atoms with Crippen LogP contribution in [0.5, 0.6) is 0 Å². The summed E-state index contributed by atoms with van der Waals surface area (Å²) in [6.07, 6.45) is 4.20. The third-order valence-electron chi connectivity index (χ3n) is 2.90. The number of carbonyl (C=O) groups excluding carboxylic acids is 1. The Morgan fingerprint density at radius 2 is 2.41 bits per heavy atom. The molecule has 1 fully saturated rings. The molecule has 1 aromatic heterocycles. The molecule has 17 heavy (non-hydrogen) atoms. The topological polar surface area (TPSA) is 57.0 Å². The lowest BCUT2D eigenvalue weighted by Crippen LogP contribution is -2.43. The second kappa shape index (κ2) is 5.15. The highest BCUT2D eigenvalue weighted by molar-refractivity contribution is 6.32. The van der Waals surface area contributed by atoms with E-state index in [-0.39, 0.29) is 17.1 Å². The zero-order chi connectivity index (χ0) is 12.3. The molecule has 4 nitrogen and oxygen atoms in total. The van der Waals surface area contributed by atoms with Crippen LogP contribution in [0.25, 0.3) is 0 Å². The number of rotatable bonds is 1. The van der Waals surface area contributed by atoms with Crippen molar-refractivity contribution in [3.8, 4) is 6.07 Å². The van der Waals surface area contributed by atoms with Crippen LogP contribution in [0.1, 0.15) is 29.6 Å². The molecule has 0 saturated carbocycles. The van der Waals surface area contributed by atoms with E-state index in [1.165, 1.54) is 6.20 Å². The average molecular weight is 250 g/mol. The summed E-state index contributed by atoms with van der Waals surface area (Å²) < 4.78 is 0. The van der Waals surface area contributed by atoms with Gasteiger partial charge in [-0.3, -0.25) is 4.79 Å². The monoisotopic (exact) mass is 249 g/mol. The maximum Gasteiger partial charge on any atom is 0.258 e. The van der Waals surface area contributed by atoms with Crippen LogP contribution in [0.2, 0.25) is 5.15 Å². The van der Waals surface area contributed by atoms with Gasteiger partial charge in [0.25, 0.3) is 5.91 Å². The average Bonchev–Trinajstić information content (AvgIpc) is 2.38. The highest BCUT2D eigenvalue weighted by atomic mass is 35.5. The van der Waals surface area contributed by atoms with Crippen LogP contribution in [0.15, 0.2) is 18.3 Å². The third kappa shape index (κ3) is 2.40. The van der Waals surface area contributed by atoms with Gasteiger partial charge in [0.15, 0.2) is 0 Å². The van der Waals surface area contributed by atoms with E-state index in [4.69, 9.17) is 16.9 Å². The Hall–Kier alpha value is -1.60. The van der Waals surface area contributed by atoms with E-state index in [1.807, 2.05) is 0 Å². The van der Waals surface area contributed by atoms with Crippen LogP contribution in [0.4, 0.5) is 0 Å². The van der Waals surface area contributed by atoms with Crippen LogP contribution in [-0.4, -0.2) is 28.4 Å². The fourth-order valence-corrected chi connectivity index (χ4v) is 2.21. The molecular formula is C12H12ClN3O. The minimum absolute atomic E-state index is 0.194. The summed E-state index contributed by atoms with van der Waals surface area (Å²) in [6, 6.07) is 5.14. The van der Waals surface area contributed by atoms with E-state index >= 15 is 0 Å². The first-order chi connectivity index (χ1) is 8.24. The van der Waals surface area contributed by atoms with Gasteiger partial charge in [0, 0.05) is 12.7 Å². The van der Waals surface area contributed by atoms with Crippen molar-refractivity contribution in [2.24, 2.45) is 0 Å². The van der Waals surface area contributed by atoms with Gasteiger partial charge in [-0.05, 0) is 31.4 Å². The summed E-state index contributed by atoms with van der Waals surface area (Å²) >= 11 is 5.89. The van der Waals surface area contributed by atoms with Crippen molar-refractivity contribution in [2.75, 3.05) is 6.54 Å². The largest absolute Gasteiger partial charge is 0.323 e. The highest BCUT2D eigenvalue weighted by Gasteiger charge is 2.28. The molecular weight excluding hydrogens is 238 g/mol. The van der Waals surface area contributed by atoms with Gasteiger partial charge in [0.2, 0.25) is 0 Å². The molecule has 0 aliphatic carbocycles. The van der Waals surface area contributed by atoms with Gasteiger partial charge in [0.1, 0.15) is 11.2 Å². The number of hydrogen-bond donors (Lipinski definition) is 0. The molecule has 1 saturated heterocycles. The normalized spacial score (nSPS) is 19.8. The van der Waals surface area contributed by atoms with E-state index in [1.54, 1.807) is 17.0 Å². The summed E-state index contributed by atoms with van der Waals surface area (Å²) in [4.78, 5) is 17.7. The summed E-state index contributed by atoms with van der Waals surface area (Å²) in [5.41, 5.74) is 0.372. The molecule has 1 unspecified atom stereocenters. The van der Waals surface area contributed by atoms with Crippen molar-refractivity contribution in [1.82, 2.24) is 9.88 Å². The Morgan fingerprint density at radius 1 is 1.59 bits per heavy atom. The Kier molecular flexibility index (Phi) is 3.60. The second-order valence-corrected chi connectivity index (χ2v) is 4.34. The molecule has 2 rings (SSSR count). The Bertz CT molecular complexity index is 469. The smallest absolute Gasteiger partial charge is 0.258 e. The minimum atomic E-state index is -0.340. The molecule has 0 aromatic carbocycles. The number of halogens is 1. The Balaban J connectivity index is 2.25. The van der Waals surface area contributed by atoms with Crippen LogP contribution in [0, 0.1) is 11.3 Å². The SMILES string of the molecule is N#CC1CCCCN1C(=O)c1cccnc1Cl. The summed E-state index contributed by atoms with van der Waals surface area (Å²) in [5.74, 6) is -0.200. The van der Waals surface area contributed by atoms with Gasteiger partial charge in [-0.15, -0.1) is 0 Å². The molecule has 5 heteroatoms. The number of carbonyl (C=O) groups is 1. The molecule has 1 atom stereocenters. The third-order valence-corrected chi connectivity index (χ3v) is 3.20. The van der Waals surface area contributed by atoms with Crippen molar-refractivity contribution in [3.05, 3.63) is 29.0 Å². The van der Waals surface area contributed by atoms with Crippen molar-refractivity contribution in [2.45, 2.75) is 25.3 Å². The van der Waals surface area contributed by atoms with Crippen molar-refractivity contribution in [3.63, 3.8) is 0 Å². The number of aromatic nitrogens is 1. The molecule has 0 N–H and O–H groups in total. The van der Waals surface area contributed by atoms with Crippen molar-refractivity contribution >= 4 is 17.5 Å². The number of nitrogens with zero attached hydrogens (tertiary/aromatic N) is 3. The van der Waals surface area contributed by atoms with E-state index in [9.17, 15) is 4.79 Å². The predicted molar refractivity (Wildman–Crippen MR) is 63.5 cm³/mol. The van der Waals surface area contributed by atoms with Gasteiger partial charge < -0.3 is 4.90 Å². The van der Waals surface area contributed by atoms with Gasteiger partial charge in [0.05, 0.1) is 11.6 Å². The van der Waals surface area contributed by atoms with Crippen LogP contribution in [-0.2, 0) is 0 Å².